The molecule has 0 bridgehead atoms. The lowest BCUT2D eigenvalue weighted by Gasteiger charge is -2.32. The fraction of sp³-hybridized carbons (Fsp3) is 0.500. The largest absolute Gasteiger partial charge is 0.347 e. The van der Waals surface area contributed by atoms with Crippen LogP contribution < -0.4 is 9.80 Å². The number of piperidine rings is 1. The van der Waals surface area contributed by atoms with Crippen molar-refractivity contribution >= 4 is 17.7 Å². The van der Waals surface area contributed by atoms with Crippen molar-refractivity contribution in [2.24, 2.45) is 5.92 Å². The van der Waals surface area contributed by atoms with Gasteiger partial charge in [0, 0.05) is 44.6 Å². The van der Waals surface area contributed by atoms with E-state index in [0.717, 1.165) is 43.3 Å². The third-order valence-corrected chi connectivity index (χ3v) is 4.75. The van der Waals surface area contributed by atoms with E-state index in [4.69, 9.17) is 0 Å². The molecule has 1 fully saturated rings. The van der Waals surface area contributed by atoms with Gasteiger partial charge in [-0.2, -0.15) is 15.0 Å². The number of aromatic nitrogens is 3. The van der Waals surface area contributed by atoms with E-state index in [1.54, 1.807) is 0 Å². The molecule has 1 aliphatic rings. The summed E-state index contributed by atoms with van der Waals surface area (Å²) >= 11 is 0. The van der Waals surface area contributed by atoms with Crippen LogP contribution in [-0.2, 0) is 0 Å². The number of hydrogen-bond donors (Lipinski definition) is 0. The maximum absolute atomic E-state index is 12.7. The SMILES string of the molecule is CC(C)c1nc(N(C)C)nc(N2CCC(C(=O)c3ccccc3)CC2)n1. The van der Waals surface area contributed by atoms with E-state index in [-0.39, 0.29) is 17.6 Å². The van der Waals surface area contributed by atoms with E-state index in [1.807, 2.05) is 49.3 Å². The number of Topliss-reactive ketones (excluding diaryl/α,β-unsaturated/α-hetero) is 1. The molecule has 1 aliphatic heterocycles. The van der Waals surface area contributed by atoms with E-state index in [1.165, 1.54) is 0 Å². The van der Waals surface area contributed by atoms with E-state index >= 15 is 0 Å². The van der Waals surface area contributed by atoms with Crippen LogP contribution in [0.2, 0.25) is 0 Å². The van der Waals surface area contributed by atoms with Gasteiger partial charge in [-0.1, -0.05) is 44.2 Å². The molecule has 2 heterocycles. The Morgan fingerprint density at radius 2 is 1.73 bits per heavy atom. The van der Waals surface area contributed by atoms with Crippen LogP contribution in [0.3, 0.4) is 0 Å². The van der Waals surface area contributed by atoms with Gasteiger partial charge in [-0.3, -0.25) is 4.79 Å². The fourth-order valence-corrected chi connectivity index (χ4v) is 3.15. The van der Waals surface area contributed by atoms with Crippen LogP contribution >= 0.6 is 0 Å². The maximum atomic E-state index is 12.7. The lowest BCUT2D eigenvalue weighted by atomic mass is 9.89. The molecule has 26 heavy (non-hydrogen) atoms. The lowest BCUT2D eigenvalue weighted by Crippen LogP contribution is -2.38. The Bertz CT molecular complexity index is 726. The first kappa shape index (κ1) is 18.3. The Morgan fingerprint density at radius 3 is 2.31 bits per heavy atom. The minimum atomic E-state index is 0.0772. The number of nitrogens with zero attached hydrogens (tertiary/aromatic N) is 5. The number of carbonyl (C=O) groups excluding carboxylic acids is 1. The molecule has 2 aromatic rings. The van der Waals surface area contributed by atoms with Crippen LogP contribution in [0.4, 0.5) is 11.9 Å². The van der Waals surface area contributed by atoms with Crippen molar-refractivity contribution in [2.45, 2.75) is 32.6 Å². The summed E-state index contributed by atoms with van der Waals surface area (Å²) in [4.78, 5) is 30.5. The normalized spacial score (nSPS) is 15.3. The van der Waals surface area contributed by atoms with Crippen LogP contribution in [-0.4, -0.2) is 47.9 Å². The minimum Gasteiger partial charge on any atom is -0.347 e. The molecule has 0 amide bonds. The highest BCUT2D eigenvalue weighted by Crippen LogP contribution is 2.25. The highest BCUT2D eigenvalue weighted by molar-refractivity contribution is 5.97. The van der Waals surface area contributed by atoms with Gasteiger partial charge >= 0.3 is 0 Å². The van der Waals surface area contributed by atoms with Crippen LogP contribution in [0.5, 0.6) is 0 Å². The van der Waals surface area contributed by atoms with Crippen LogP contribution in [0.1, 0.15) is 48.8 Å². The molecule has 3 rings (SSSR count). The number of anilines is 2. The highest BCUT2D eigenvalue weighted by Gasteiger charge is 2.27. The highest BCUT2D eigenvalue weighted by atomic mass is 16.1. The third kappa shape index (κ3) is 4.00. The second kappa shape index (κ2) is 7.81. The minimum absolute atomic E-state index is 0.0772. The van der Waals surface area contributed by atoms with Gasteiger partial charge in [0.25, 0.3) is 0 Å². The van der Waals surface area contributed by atoms with Crippen molar-refractivity contribution in [3.63, 3.8) is 0 Å². The van der Waals surface area contributed by atoms with Crippen molar-refractivity contribution < 1.29 is 4.79 Å². The van der Waals surface area contributed by atoms with Crippen molar-refractivity contribution in [2.75, 3.05) is 37.0 Å². The number of benzene rings is 1. The molecular formula is C20H27N5O. The zero-order chi connectivity index (χ0) is 18.7. The first-order valence-corrected chi connectivity index (χ1v) is 9.23. The molecule has 0 atom stereocenters. The summed E-state index contributed by atoms with van der Waals surface area (Å²) in [7, 11) is 3.88. The molecular weight excluding hydrogens is 326 g/mol. The predicted octanol–water partition coefficient (Wildman–Crippen LogP) is 3.16. The molecule has 1 aromatic heterocycles. The first-order valence-electron chi connectivity index (χ1n) is 9.23. The molecule has 0 saturated carbocycles. The summed E-state index contributed by atoms with van der Waals surface area (Å²) in [6.07, 6.45) is 1.65. The van der Waals surface area contributed by atoms with Crippen molar-refractivity contribution in [3.8, 4) is 0 Å². The van der Waals surface area contributed by atoms with Crippen LogP contribution in [0, 0.1) is 5.92 Å². The number of carbonyl (C=O) groups is 1. The summed E-state index contributed by atoms with van der Waals surface area (Å²) < 4.78 is 0. The molecule has 0 spiro atoms. The van der Waals surface area contributed by atoms with Gasteiger partial charge in [0.2, 0.25) is 11.9 Å². The van der Waals surface area contributed by atoms with Gasteiger partial charge in [0.15, 0.2) is 5.78 Å². The number of ketones is 1. The second-order valence-electron chi connectivity index (χ2n) is 7.33. The summed E-state index contributed by atoms with van der Waals surface area (Å²) in [5, 5.41) is 0. The van der Waals surface area contributed by atoms with Gasteiger partial charge in [0.05, 0.1) is 0 Å². The molecule has 0 radical (unpaired) electrons. The molecule has 6 heteroatoms. The van der Waals surface area contributed by atoms with Crippen molar-refractivity contribution in [3.05, 3.63) is 41.7 Å². The molecule has 138 valence electrons. The summed E-state index contributed by atoms with van der Waals surface area (Å²) in [5.74, 6) is 2.78. The quantitative estimate of drug-likeness (QED) is 0.770. The molecule has 0 aliphatic carbocycles. The van der Waals surface area contributed by atoms with E-state index < -0.39 is 0 Å². The van der Waals surface area contributed by atoms with Gasteiger partial charge in [-0.25, -0.2) is 0 Å². The molecule has 1 aromatic carbocycles. The first-order chi connectivity index (χ1) is 12.5. The Labute approximate surface area is 155 Å². The smallest absolute Gasteiger partial charge is 0.230 e. The summed E-state index contributed by atoms with van der Waals surface area (Å²) in [5.41, 5.74) is 0.808. The van der Waals surface area contributed by atoms with Gasteiger partial charge in [0.1, 0.15) is 5.82 Å². The van der Waals surface area contributed by atoms with E-state index in [2.05, 4.69) is 33.7 Å². The number of hydrogen-bond acceptors (Lipinski definition) is 6. The van der Waals surface area contributed by atoms with E-state index in [0.29, 0.717) is 5.95 Å². The standard InChI is InChI=1S/C20H27N5O/c1-14(2)18-21-19(24(3)4)23-20(22-18)25-12-10-16(11-13-25)17(26)15-8-6-5-7-9-15/h5-9,14,16H,10-13H2,1-4H3. The Morgan fingerprint density at radius 1 is 1.08 bits per heavy atom. The monoisotopic (exact) mass is 353 g/mol. The van der Waals surface area contributed by atoms with Crippen LogP contribution in [0.25, 0.3) is 0 Å². The maximum Gasteiger partial charge on any atom is 0.230 e. The zero-order valence-electron chi connectivity index (χ0n) is 16.0. The van der Waals surface area contributed by atoms with Crippen LogP contribution in [0.15, 0.2) is 30.3 Å². The second-order valence-corrected chi connectivity index (χ2v) is 7.33. The average molecular weight is 353 g/mol. The van der Waals surface area contributed by atoms with Gasteiger partial charge in [-0.05, 0) is 12.8 Å². The van der Waals surface area contributed by atoms with Gasteiger partial charge < -0.3 is 9.80 Å². The third-order valence-electron chi connectivity index (χ3n) is 4.75. The Kier molecular flexibility index (Phi) is 5.49. The molecule has 0 unspecified atom stereocenters. The van der Waals surface area contributed by atoms with E-state index in [9.17, 15) is 4.79 Å². The molecule has 6 nitrogen and oxygen atoms in total. The zero-order valence-corrected chi connectivity index (χ0v) is 16.0. The predicted molar refractivity (Wildman–Crippen MR) is 104 cm³/mol. The Balaban J connectivity index is 1.72. The fourth-order valence-electron chi connectivity index (χ4n) is 3.15. The Hall–Kier alpha value is -2.50. The topological polar surface area (TPSA) is 62.2 Å². The van der Waals surface area contributed by atoms with Crippen molar-refractivity contribution in [1.82, 2.24) is 15.0 Å². The molecule has 0 N–H and O–H groups in total. The number of rotatable bonds is 5. The average Bonchev–Trinajstić information content (AvgIpc) is 2.67. The lowest BCUT2D eigenvalue weighted by molar-refractivity contribution is 0.0900. The van der Waals surface area contributed by atoms with Crippen molar-refractivity contribution in [1.29, 1.82) is 0 Å². The summed E-state index contributed by atoms with van der Waals surface area (Å²) in [6, 6.07) is 9.58. The summed E-state index contributed by atoms with van der Waals surface area (Å²) in [6.45, 7) is 5.75. The van der Waals surface area contributed by atoms with Gasteiger partial charge in [-0.15, -0.1) is 0 Å². The molecule has 1 saturated heterocycles.